The van der Waals surface area contributed by atoms with Crippen LogP contribution >= 0.6 is 0 Å². The molecule has 13 heavy (non-hydrogen) atoms. The highest BCUT2D eigenvalue weighted by Gasteiger charge is 2.21. The zero-order valence-corrected chi connectivity index (χ0v) is 7.40. The zero-order chi connectivity index (χ0) is 9.42. The molecule has 0 radical (unpaired) electrons. The number of benzene rings is 1. The number of hydrogen-bond acceptors (Lipinski definition) is 1. The minimum Gasteiger partial charge on any atom is -0.382 e. The Kier molecular flexibility index (Phi) is 1.94. The average Bonchev–Trinajstić information content (AvgIpc) is 2.84. The molecule has 0 heterocycles. The molecule has 0 spiro atoms. The first-order chi connectivity index (χ1) is 6.16. The minimum absolute atomic E-state index is 0.462. The molecule has 2 rings (SSSR count). The van der Waals surface area contributed by atoms with Gasteiger partial charge in [0.15, 0.2) is 11.6 Å². The topological polar surface area (TPSA) is 12.0 Å². The van der Waals surface area contributed by atoms with Crippen LogP contribution in [0.4, 0.5) is 14.5 Å². The average molecular weight is 183 g/mol. The van der Waals surface area contributed by atoms with E-state index in [1.54, 1.807) is 6.92 Å². The van der Waals surface area contributed by atoms with Crippen LogP contribution in [-0.2, 0) is 0 Å². The van der Waals surface area contributed by atoms with Crippen molar-refractivity contribution < 1.29 is 8.78 Å². The van der Waals surface area contributed by atoms with E-state index in [1.165, 1.54) is 12.1 Å². The highest BCUT2D eigenvalue weighted by molar-refractivity contribution is 5.52. The Balaban J connectivity index is 2.27. The van der Waals surface area contributed by atoms with E-state index in [0.29, 0.717) is 11.7 Å². The molecule has 1 aromatic rings. The third kappa shape index (κ3) is 1.79. The Morgan fingerprint density at radius 1 is 1.23 bits per heavy atom. The van der Waals surface area contributed by atoms with Gasteiger partial charge < -0.3 is 5.32 Å². The van der Waals surface area contributed by atoms with Crippen LogP contribution in [0.2, 0.25) is 0 Å². The molecule has 1 aromatic carbocycles. The molecule has 1 nitrogen and oxygen atoms in total. The maximum Gasteiger partial charge on any atom is 0.160 e. The lowest BCUT2D eigenvalue weighted by Gasteiger charge is -2.08. The van der Waals surface area contributed by atoms with Crippen LogP contribution in [0.1, 0.15) is 18.4 Å². The summed E-state index contributed by atoms with van der Waals surface area (Å²) < 4.78 is 25.5. The molecule has 70 valence electrons. The molecule has 1 fully saturated rings. The van der Waals surface area contributed by atoms with Gasteiger partial charge in [-0.05, 0) is 31.4 Å². The maximum atomic E-state index is 12.8. The summed E-state index contributed by atoms with van der Waals surface area (Å²) in [6.07, 6.45) is 2.25. The summed E-state index contributed by atoms with van der Waals surface area (Å²) in [5.74, 6) is -1.56. The van der Waals surface area contributed by atoms with Crippen LogP contribution in [0.3, 0.4) is 0 Å². The summed E-state index contributed by atoms with van der Waals surface area (Å²) >= 11 is 0. The first-order valence-electron chi connectivity index (χ1n) is 4.39. The van der Waals surface area contributed by atoms with E-state index in [4.69, 9.17) is 0 Å². The predicted octanol–water partition coefficient (Wildman–Crippen LogP) is 2.85. The summed E-state index contributed by atoms with van der Waals surface area (Å²) in [4.78, 5) is 0. The summed E-state index contributed by atoms with van der Waals surface area (Å²) in [5, 5.41) is 3.15. The molecule has 0 bridgehead atoms. The van der Waals surface area contributed by atoms with E-state index in [1.807, 2.05) is 0 Å². The van der Waals surface area contributed by atoms with Crippen molar-refractivity contribution >= 4 is 5.69 Å². The Hall–Kier alpha value is -1.12. The van der Waals surface area contributed by atoms with Crippen molar-refractivity contribution in [3.8, 4) is 0 Å². The summed E-state index contributed by atoms with van der Waals surface area (Å²) in [6, 6.07) is 2.91. The van der Waals surface area contributed by atoms with E-state index in [9.17, 15) is 8.78 Å². The highest BCUT2D eigenvalue weighted by atomic mass is 19.2. The lowest BCUT2D eigenvalue weighted by Crippen LogP contribution is -2.03. The molecule has 1 saturated carbocycles. The molecule has 3 heteroatoms. The first kappa shape index (κ1) is 8.48. The maximum absolute atomic E-state index is 12.8. The van der Waals surface area contributed by atoms with Gasteiger partial charge in [0.25, 0.3) is 0 Å². The molecule has 0 aromatic heterocycles. The molecule has 1 aliphatic carbocycles. The highest BCUT2D eigenvalue weighted by Crippen LogP contribution is 2.27. The van der Waals surface area contributed by atoms with Crippen molar-refractivity contribution in [1.29, 1.82) is 0 Å². The van der Waals surface area contributed by atoms with Crippen molar-refractivity contribution in [3.63, 3.8) is 0 Å². The lowest BCUT2D eigenvalue weighted by molar-refractivity contribution is 0.508. The van der Waals surface area contributed by atoms with Gasteiger partial charge in [0.2, 0.25) is 0 Å². The molecule has 1 N–H and O–H groups in total. The van der Waals surface area contributed by atoms with Crippen molar-refractivity contribution in [3.05, 3.63) is 29.3 Å². The number of hydrogen-bond donors (Lipinski definition) is 1. The molecule has 0 aliphatic heterocycles. The third-order valence-electron chi connectivity index (χ3n) is 2.20. The van der Waals surface area contributed by atoms with E-state index in [0.717, 1.165) is 18.4 Å². The van der Waals surface area contributed by atoms with E-state index in [2.05, 4.69) is 5.32 Å². The van der Waals surface area contributed by atoms with Crippen molar-refractivity contribution in [2.75, 3.05) is 5.32 Å². The van der Waals surface area contributed by atoms with Crippen LogP contribution < -0.4 is 5.32 Å². The van der Waals surface area contributed by atoms with E-state index >= 15 is 0 Å². The second-order valence-electron chi connectivity index (χ2n) is 3.50. The molecular weight excluding hydrogens is 172 g/mol. The van der Waals surface area contributed by atoms with Gasteiger partial charge in [-0.15, -0.1) is 0 Å². The predicted molar refractivity (Wildman–Crippen MR) is 47.7 cm³/mol. The van der Waals surface area contributed by atoms with Gasteiger partial charge in [0.1, 0.15) is 0 Å². The second kappa shape index (κ2) is 2.98. The Morgan fingerprint density at radius 3 is 2.46 bits per heavy atom. The summed E-state index contributed by atoms with van der Waals surface area (Å²) in [6.45, 7) is 1.77. The van der Waals surface area contributed by atoms with Gasteiger partial charge in [-0.2, -0.15) is 0 Å². The van der Waals surface area contributed by atoms with Crippen LogP contribution in [0, 0.1) is 18.6 Å². The van der Waals surface area contributed by atoms with Crippen molar-refractivity contribution in [2.24, 2.45) is 0 Å². The largest absolute Gasteiger partial charge is 0.382 e. The molecule has 0 amide bonds. The van der Waals surface area contributed by atoms with Crippen molar-refractivity contribution in [1.82, 2.24) is 0 Å². The number of nitrogens with one attached hydrogen (secondary N) is 1. The quantitative estimate of drug-likeness (QED) is 0.743. The van der Waals surface area contributed by atoms with E-state index < -0.39 is 11.6 Å². The fourth-order valence-electron chi connectivity index (χ4n) is 1.25. The number of halogens is 2. The van der Waals surface area contributed by atoms with Crippen LogP contribution in [0.25, 0.3) is 0 Å². The minimum atomic E-state index is -0.784. The monoisotopic (exact) mass is 183 g/mol. The smallest absolute Gasteiger partial charge is 0.160 e. The normalized spacial score (nSPS) is 15.9. The van der Waals surface area contributed by atoms with Crippen LogP contribution in [0.15, 0.2) is 12.1 Å². The Morgan fingerprint density at radius 2 is 1.85 bits per heavy atom. The van der Waals surface area contributed by atoms with Crippen molar-refractivity contribution in [2.45, 2.75) is 25.8 Å². The van der Waals surface area contributed by atoms with Crippen LogP contribution in [0.5, 0.6) is 0 Å². The Bertz CT molecular complexity index is 332. The molecule has 0 unspecified atom stereocenters. The number of rotatable bonds is 2. The van der Waals surface area contributed by atoms with Gasteiger partial charge in [-0.25, -0.2) is 8.78 Å². The lowest BCUT2D eigenvalue weighted by atomic mass is 10.2. The molecule has 1 aliphatic rings. The number of anilines is 1. The first-order valence-corrected chi connectivity index (χ1v) is 4.39. The Labute approximate surface area is 75.8 Å². The third-order valence-corrected chi connectivity index (χ3v) is 2.20. The van der Waals surface area contributed by atoms with Gasteiger partial charge in [0.05, 0.1) is 0 Å². The molecular formula is C10H11F2N. The second-order valence-corrected chi connectivity index (χ2v) is 3.50. The number of aryl methyl sites for hydroxylation is 1. The van der Waals surface area contributed by atoms with Gasteiger partial charge >= 0.3 is 0 Å². The van der Waals surface area contributed by atoms with Gasteiger partial charge in [0, 0.05) is 17.8 Å². The fourth-order valence-corrected chi connectivity index (χ4v) is 1.25. The SMILES string of the molecule is Cc1cc(F)c(F)cc1NC1CC1. The molecule has 0 atom stereocenters. The van der Waals surface area contributed by atoms with E-state index in [-0.39, 0.29) is 0 Å². The fraction of sp³-hybridized carbons (Fsp3) is 0.400. The van der Waals surface area contributed by atoms with Crippen LogP contribution in [-0.4, -0.2) is 6.04 Å². The summed E-state index contributed by atoms with van der Waals surface area (Å²) in [7, 11) is 0. The molecule has 0 saturated heterocycles. The standard InChI is InChI=1S/C10H11F2N/c1-6-4-8(11)9(12)5-10(6)13-7-2-3-7/h4-5,7,13H,2-3H2,1H3. The zero-order valence-electron chi connectivity index (χ0n) is 7.40. The summed E-state index contributed by atoms with van der Waals surface area (Å²) in [5.41, 5.74) is 1.47. The van der Waals surface area contributed by atoms with Gasteiger partial charge in [-0.1, -0.05) is 0 Å². The van der Waals surface area contributed by atoms with Gasteiger partial charge in [-0.3, -0.25) is 0 Å².